The van der Waals surface area contributed by atoms with Crippen molar-refractivity contribution in [1.82, 2.24) is 19.9 Å². The molecule has 2 aromatic rings. The third-order valence-corrected chi connectivity index (χ3v) is 3.59. The monoisotopic (exact) mass is 246 g/mol. The molecule has 0 radical (unpaired) electrons. The molecule has 1 aliphatic rings. The highest BCUT2D eigenvalue weighted by atomic mass is 15.2. The Hall–Kier alpha value is -1.69. The summed E-state index contributed by atoms with van der Waals surface area (Å²) in [5.74, 6) is 0.983. The number of nitrogens with zero attached hydrogens (tertiary/aromatic N) is 4. The van der Waals surface area contributed by atoms with E-state index in [1.54, 1.807) is 12.7 Å². The number of nitrogens with two attached hydrogens (primary N) is 1. The van der Waals surface area contributed by atoms with Crippen molar-refractivity contribution in [2.24, 2.45) is 5.73 Å². The summed E-state index contributed by atoms with van der Waals surface area (Å²) in [6.07, 6.45) is 7.91. The number of aromatic amines is 1. The summed E-state index contributed by atoms with van der Waals surface area (Å²) in [4.78, 5) is 18.3. The van der Waals surface area contributed by atoms with Crippen molar-refractivity contribution >= 4 is 17.0 Å². The molecule has 6 heteroatoms. The number of anilines is 1. The fourth-order valence-corrected chi connectivity index (χ4v) is 2.74. The van der Waals surface area contributed by atoms with Crippen LogP contribution in [0.25, 0.3) is 11.2 Å². The van der Waals surface area contributed by atoms with E-state index in [0.717, 1.165) is 42.9 Å². The molecule has 0 bridgehead atoms. The summed E-state index contributed by atoms with van der Waals surface area (Å²) < 4.78 is 0. The molecule has 3 N–H and O–H groups in total. The molecule has 2 aromatic heterocycles. The second-order valence-corrected chi connectivity index (χ2v) is 4.72. The van der Waals surface area contributed by atoms with Crippen LogP contribution in [0.3, 0.4) is 0 Å². The number of H-pyrrole nitrogens is 1. The average Bonchev–Trinajstić information content (AvgIpc) is 3.04. The molecule has 96 valence electrons. The summed E-state index contributed by atoms with van der Waals surface area (Å²) in [5.41, 5.74) is 7.29. The number of hydrogen-bond acceptors (Lipinski definition) is 5. The van der Waals surface area contributed by atoms with Gasteiger partial charge in [-0.05, 0) is 32.2 Å². The number of imidazole rings is 1. The molecule has 3 heterocycles. The summed E-state index contributed by atoms with van der Waals surface area (Å²) in [5, 5.41) is 0. The summed E-state index contributed by atoms with van der Waals surface area (Å²) in [6.45, 7) is 1.81. The molecule has 1 unspecified atom stereocenters. The van der Waals surface area contributed by atoms with Crippen molar-refractivity contribution in [1.29, 1.82) is 0 Å². The first kappa shape index (κ1) is 11.4. The van der Waals surface area contributed by atoms with Gasteiger partial charge in [0.25, 0.3) is 0 Å². The van der Waals surface area contributed by atoms with Crippen molar-refractivity contribution in [3.63, 3.8) is 0 Å². The highest BCUT2D eigenvalue weighted by Crippen LogP contribution is 2.29. The number of aromatic nitrogens is 4. The lowest BCUT2D eigenvalue weighted by molar-refractivity contribution is 0.583. The van der Waals surface area contributed by atoms with E-state index in [1.165, 1.54) is 12.8 Å². The van der Waals surface area contributed by atoms with E-state index in [0.29, 0.717) is 6.04 Å². The van der Waals surface area contributed by atoms with Crippen molar-refractivity contribution in [3.8, 4) is 0 Å². The minimum atomic E-state index is 0.551. The van der Waals surface area contributed by atoms with Gasteiger partial charge in [0.2, 0.25) is 0 Å². The molecule has 0 aromatic carbocycles. The van der Waals surface area contributed by atoms with Crippen LogP contribution in [-0.4, -0.2) is 39.1 Å². The molecule has 6 nitrogen and oxygen atoms in total. The predicted octanol–water partition coefficient (Wildman–Crippen LogP) is 1.06. The quantitative estimate of drug-likeness (QED) is 0.842. The van der Waals surface area contributed by atoms with Gasteiger partial charge in [0.05, 0.1) is 6.33 Å². The van der Waals surface area contributed by atoms with E-state index in [4.69, 9.17) is 5.73 Å². The van der Waals surface area contributed by atoms with E-state index in [1.807, 2.05) is 0 Å². The molecule has 1 saturated heterocycles. The van der Waals surface area contributed by atoms with E-state index < -0.39 is 0 Å². The number of fused-ring (bicyclic) bond motifs is 1. The number of hydrogen-bond donors (Lipinski definition) is 2. The van der Waals surface area contributed by atoms with Gasteiger partial charge in [-0.2, -0.15) is 0 Å². The Kier molecular flexibility index (Phi) is 3.10. The van der Waals surface area contributed by atoms with Crippen LogP contribution in [0.15, 0.2) is 12.7 Å². The van der Waals surface area contributed by atoms with Crippen LogP contribution >= 0.6 is 0 Å². The van der Waals surface area contributed by atoms with Gasteiger partial charge in [-0.3, -0.25) is 0 Å². The Morgan fingerprint density at radius 2 is 2.33 bits per heavy atom. The lowest BCUT2D eigenvalue weighted by Gasteiger charge is -2.25. The third-order valence-electron chi connectivity index (χ3n) is 3.59. The summed E-state index contributed by atoms with van der Waals surface area (Å²) >= 11 is 0. The highest BCUT2D eigenvalue weighted by molar-refractivity contribution is 5.82. The Labute approximate surface area is 106 Å². The SMILES string of the molecule is NCCCC1CCCN1c1ncnc2nc[nH]c12. The van der Waals surface area contributed by atoms with Crippen LogP contribution in [-0.2, 0) is 0 Å². The van der Waals surface area contributed by atoms with Gasteiger partial charge in [0.15, 0.2) is 11.5 Å². The maximum Gasteiger partial charge on any atom is 0.182 e. The molecule has 3 rings (SSSR count). The lowest BCUT2D eigenvalue weighted by Crippen LogP contribution is -2.30. The van der Waals surface area contributed by atoms with Gasteiger partial charge in [-0.25, -0.2) is 15.0 Å². The zero-order chi connectivity index (χ0) is 12.4. The van der Waals surface area contributed by atoms with Gasteiger partial charge < -0.3 is 15.6 Å². The molecule has 0 amide bonds. The Morgan fingerprint density at radius 3 is 3.22 bits per heavy atom. The van der Waals surface area contributed by atoms with Gasteiger partial charge in [-0.1, -0.05) is 0 Å². The fraction of sp³-hybridized carbons (Fsp3) is 0.583. The van der Waals surface area contributed by atoms with Gasteiger partial charge in [0, 0.05) is 12.6 Å². The maximum absolute atomic E-state index is 5.60. The van der Waals surface area contributed by atoms with Gasteiger partial charge >= 0.3 is 0 Å². The molecular formula is C12H18N6. The molecule has 0 spiro atoms. The van der Waals surface area contributed by atoms with Crippen molar-refractivity contribution < 1.29 is 0 Å². The predicted molar refractivity (Wildman–Crippen MR) is 70.3 cm³/mol. The molecule has 0 saturated carbocycles. The second kappa shape index (κ2) is 4.89. The maximum atomic E-state index is 5.60. The summed E-state index contributed by atoms with van der Waals surface area (Å²) in [6, 6.07) is 0.551. The van der Waals surface area contributed by atoms with Crippen molar-refractivity contribution in [2.75, 3.05) is 18.0 Å². The minimum Gasteiger partial charge on any atom is -0.352 e. The minimum absolute atomic E-state index is 0.551. The molecular weight excluding hydrogens is 228 g/mol. The van der Waals surface area contributed by atoms with Crippen LogP contribution in [0.4, 0.5) is 5.82 Å². The van der Waals surface area contributed by atoms with Gasteiger partial charge in [0.1, 0.15) is 11.8 Å². The zero-order valence-corrected chi connectivity index (χ0v) is 10.3. The largest absolute Gasteiger partial charge is 0.352 e. The number of nitrogens with one attached hydrogen (secondary N) is 1. The molecule has 18 heavy (non-hydrogen) atoms. The second-order valence-electron chi connectivity index (χ2n) is 4.72. The molecule has 1 fully saturated rings. The molecule has 1 atom stereocenters. The molecule has 0 aliphatic carbocycles. The standard InChI is InChI=1S/C12H18N6/c13-5-1-3-9-4-2-6-18(9)12-10-11(15-7-14-10)16-8-17-12/h7-9H,1-6,13H2,(H,14,15,16,17). The first-order chi connectivity index (χ1) is 8.90. The van der Waals surface area contributed by atoms with E-state index in [-0.39, 0.29) is 0 Å². The van der Waals surface area contributed by atoms with E-state index in [9.17, 15) is 0 Å². The average molecular weight is 246 g/mol. The van der Waals surface area contributed by atoms with Crippen molar-refractivity contribution in [3.05, 3.63) is 12.7 Å². The van der Waals surface area contributed by atoms with E-state index >= 15 is 0 Å². The van der Waals surface area contributed by atoms with Gasteiger partial charge in [-0.15, -0.1) is 0 Å². The summed E-state index contributed by atoms with van der Waals surface area (Å²) in [7, 11) is 0. The Balaban J connectivity index is 1.90. The molecule has 1 aliphatic heterocycles. The third kappa shape index (κ3) is 1.92. The topological polar surface area (TPSA) is 83.7 Å². The first-order valence-electron chi connectivity index (χ1n) is 6.51. The first-order valence-corrected chi connectivity index (χ1v) is 6.51. The Bertz CT molecular complexity index is 522. The van der Waals surface area contributed by atoms with Crippen LogP contribution in [0.1, 0.15) is 25.7 Å². The van der Waals surface area contributed by atoms with Crippen LogP contribution in [0.5, 0.6) is 0 Å². The van der Waals surface area contributed by atoms with E-state index in [2.05, 4.69) is 24.8 Å². The van der Waals surface area contributed by atoms with Crippen molar-refractivity contribution in [2.45, 2.75) is 31.7 Å². The lowest BCUT2D eigenvalue weighted by atomic mass is 10.1. The smallest absolute Gasteiger partial charge is 0.182 e. The van der Waals surface area contributed by atoms with Crippen LogP contribution in [0, 0.1) is 0 Å². The zero-order valence-electron chi connectivity index (χ0n) is 10.3. The normalized spacial score (nSPS) is 19.8. The fourth-order valence-electron chi connectivity index (χ4n) is 2.74. The number of rotatable bonds is 4. The highest BCUT2D eigenvalue weighted by Gasteiger charge is 2.26. The van der Waals surface area contributed by atoms with Crippen LogP contribution < -0.4 is 10.6 Å². The Morgan fingerprint density at radius 1 is 1.39 bits per heavy atom. The van der Waals surface area contributed by atoms with Crippen LogP contribution in [0.2, 0.25) is 0 Å².